The number of allylic oxidation sites excluding steroid dienone is 2. The van der Waals surface area contributed by atoms with Crippen molar-refractivity contribution < 1.29 is 0 Å². The molecule has 3 heteroatoms. The standard InChI is InChI=1S/C12H21ClN2/c1-3-4-5-6-7-9-12(2)15(13)11-8-10-14/h5-6,12H,3-4,7-9,11H2,1-2H3/b6-5+. The molecule has 0 amide bonds. The van der Waals surface area contributed by atoms with Crippen LogP contribution in [-0.2, 0) is 0 Å². The van der Waals surface area contributed by atoms with E-state index in [0.717, 1.165) is 19.3 Å². The molecule has 1 atom stereocenters. The maximum atomic E-state index is 8.42. The highest BCUT2D eigenvalue weighted by Crippen LogP contribution is 2.10. The van der Waals surface area contributed by atoms with Crippen molar-refractivity contribution in [1.29, 1.82) is 5.26 Å². The molecule has 0 aromatic carbocycles. The Morgan fingerprint density at radius 3 is 2.67 bits per heavy atom. The summed E-state index contributed by atoms with van der Waals surface area (Å²) >= 11 is 6.01. The van der Waals surface area contributed by atoms with Crippen LogP contribution in [-0.4, -0.2) is 17.0 Å². The van der Waals surface area contributed by atoms with Crippen molar-refractivity contribution in [3.63, 3.8) is 0 Å². The molecule has 0 saturated heterocycles. The smallest absolute Gasteiger partial charge is 0.0635 e. The van der Waals surface area contributed by atoms with E-state index < -0.39 is 0 Å². The zero-order valence-corrected chi connectivity index (χ0v) is 10.5. The van der Waals surface area contributed by atoms with Crippen molar-refractivity contribution in [1.82, 2.24) is 4.42 Å². The first-order valence-electron chi connectivity index (χ1n) is 5.66. The van der Waals surface area contributed by atoms with Crippen LogP contribution in [0.1, 0.15) is 46.0 Å². The fourth-order valence-electron chi connectivity index (χ4n) is 1.26. The lowest BCUT2D eigenvalue weighted by Gasteiger charge is -2.19. The normalized spacial score (nSPS) is 13.3. The van der Waals surface area contributed by atoms with Crippen LogP contribution in [0.15, 0.2) is 12.2 Å². The summed E-state index contributed by atoms with van der Waals surface area (Å²) < 4.78 is 1.73. The number of unbranched alkanes of at least 4 members (excludes halogenated alkanes) is 1. The van der Waals surface area contributed by atoms with E-state index in [1.807, 2.05) is 0 Å². The molecular weight excluding hydrogens is 208 g/mol. The van der Waals surface area contributed by atoms with E-state index in [1.54, 1.807) is 4.42 Å². The summed E-state index contributed by atoms with van der Waals surface area (Å²) in [6, 6.07) is 2.44. The Hall–Kier alpha value is -0.520. The molecular formula is C12H21ClN2. The molecule has 0 radical (unpaired) electrons. The highest BCUT2D eigenvalue weighted by atomic mass is 35.5. The average Bonchev–Trinajstić information content (AvgIpc) is 2.25. The minimum atomic E-state index is 0.339. The molecule has 0 aliphatic rings. The molecule has 0 aliphatic carbocycles. The summed E-state index contributed by atoms with van der Waals surface area (Å²) in [7, 11) is 0. The molecule has 1 unspecified atom stereocenters. The van der Waals surface area contributed by atoms with Crippen molar-refractivity contribution in [2.24, 2.45) is 0 Å². The maximum absolute atomic E-state index is 8.42. The van der Waals surface area contributed by atoms with Gasteiger partial charge in [0.2, 0.25) is 0 Å². The molecule has 0 rings (SSSR count). The van der Waals surface area contributed by atoms with Crippen molar-refractivity contribution in [3.8, 4) is 6.07 Å². The third-order valence-corrected chi connectivity index (χ3v) is 2.79. The number of rotatable bonds is 8. The van der Waals surface area contributed by atoms with Crippen LogP contribution >= 0.6 is 11.8 Å². The zero-order chi connectivity index (χ0) is 11.5. The lowest BCUT2D eigenvalue weighted by molar-refractivity contribution is 0.350. The second kappa shape index (κ2) is 10.0. The quantitative estimate of drug-likeness (QED) is 0.466. The SMILES string of the molecule is CCC/C=C/CCC(C)N(Cl)CCC#N. The van der Waals surface area contributed by atoms with Crippen LogP contribution in [0.25, 0.3) is 0 Å². The first-order valence-corrected chi connectivity index (χ1v) is 6.00. The van der Waals surface area contributed by atoms with Gasteiger partial charge in [-0.3, -0.25) is 0 Å². The summed E-state index contributed by atoms with van der Waals surface area (Å²) in [5.74, 6) is 0. The minimum Gasteiger partial charge on any atom is -0.216 e. The fourth-order valence-corrected chi connectivity index (χ4v) is 1.44. The number of halogens is 1. The van der Waals surface area contributed by atoms with Crippen LogP contribution in [0.5, 0.6) is 0 Å². The Balaban J connectivity index is 3.55. The second-order valence-electron chi connectivity index (χ2n) is 3.72. The van der Waals surface area contributed by atoms with Crippen molar-refractivity contribution in [3.05, 3.63) is 12.2 Å². The van der Waals surface area contributed by atoms with Crippen LogP contribution < -0.4 is 0 Å². The van der Waals surface area contributed by atoms with Gasteiger partial charge in [0.05, 0.1) is 6.07 Å². The Morgan fingerprint density at radius 1 is 1.40 bits per heavy atom. The molecule has 0 spiro atoms. The van der Waals surface area contributed by atoms with E-state index in [9.17, 15) is 0 Å². The van der Waals surface area contributed by atoms with Crippen LogP contribution in [0.3, 0.4) is 0 Å². The maximum Gasteiger partial charge on any atom is 0.0635 e. The monoisotopic (exact) mass is 228 g/mol. The van der Waals surface area contributed by atoms with Crippen LogP contribution in [0.2, 0.25) is 0 Å². The predicted octanol–water partition coefficient (Wildman–Crippen LogP) is 3.88. The van der Waals surface area contributed by atoms with Gasteiger partial charge < -0.3 is 0 Å². The highest BCUT2D eigenvalue weighted by molar-refractivity contribution is 6.13. The summed E-state index contributed by atoms with van der Waals surface area (Å²) in [6.45, 7) is 4.92. The molecule has 0 aliphatic heterocycles. The van der Waals surface area contributed by atoms with Gasteiger partial charge >= 0.3 is 0 Å². The van der Waals surface area contributed by atoms with E-state index >= 15 is 0 Å². The molecule has 2 nitrogen and oxygen atoms in total. The molecule has 0 saturated carbocycles. The molecule has 0 bridgehead atoms. The first-order chi connectivity index (χ1) is 7.22. The Kier molecular flexibility index (Phi) is 9.67. The third kappa shape index (κ3) is 8.47. The lowest BCUT2D eigenvalue weighted by Crippen LogP contribution is -2.24. The van der Waals surface area contributed by atoms with E-state index in [0.29, 0.717) is 19.0 Å². The summed E-state index contributed by atoms with van der Waals surface area (Å²) in [5.41, 5.74) is 0. The zero-order valence-electron chi connectivity index (χ0n) is 9.75. The summed E-state index contributed by atoms with van der Waals surface area (Å²) in [5, 5.41) is 8.42. The predicted molar refractivity (Wildman–Crippen MR) is 65.5 cm³/mol. The summed E-state index contributed by atoms with van der Waals surface area (Å²) in [4.78, 5) is 0. The van der Waals surface area contributed by atoms with Gasteiger partial charge in [0.25, 0.3) is 0 Å². The first kappa shape index (κ1) is 14.5. The second-order valence-corrected chi connectivity index (χ2v) is 4.15. The highest BCUT2D eigenvalue weighted by Gasteiger charge is 2.09. The van der Waals surface area contributed by atoms with Crippen LogP contribution in [0.4, 0.5) is 0 Å². The van der Waals surface area contributed by atoms with Gasteiger partial charge in [-0.25, -0.2) is 4.42 Å². The van der Waals surface area contributed by atoms with Gasteiger partial charge in [-0.1, -0.05) is 25.5 Å². The number of hydrogen-bond donors (Lipinski definition) is 0. The molecule has 15 heavy (non-hydrogen) atoms. The Morgan fingerprint density at radius 2 is 2.07 bits per heavy atom. The van der Waals surface area contributed by atoms with Gasteiger partial charge in [0.15, 0.2) is 0 Å². The molecule has 0 aromatic heterocycles. The Labute approximate surface area is 98.6 Å². The Bertz CT molecular complexity index is 208. The molecule has 0 heterocycles. The van der Waals surface area contributed by atoms with Gasteiger partial charge in [0.1, 0.15) is 0 Å². The van der Waals surface area contributed by atoms with E-state index in [1.165, 1.54) is 6.42 Å². The van der Waals surface area contributed by atoms with Gasteiger partial charge in [-0.15, -0.1) is 0 Å². The van der Waals surface area contributed by atoms with E-state index in [-0.39, 0.29) is 0 Å². The van der Waals surface area contributed by atoms with E-state index in [4.69, 9.17) is 17.0 Å². The minimum absolute atomic E-state index is 0.339. The lowest BCUT2D eigenvalue weighted by atomic mass is 10.1. The molecule has 0 fully saturated rings. The number of hydrogen-bond acceptors (Lipinski definition) is 2. The summed E-state index contributed by atoms with van der Waals surface area (Å²) in [6.07, 6.45) is 9.42. The van der Waals surface area contributed by atoms with Crippen LogP contribution in [0, 0.1) is 11.3 Å². The topological polar surface area (TPSA) is 27.0 Å². The largest absolute Gasteiger partial charge is 0.216 e. The fraction of sp³-hybridized carbons (Fsp3) is 0.750. The van der Waals surface area contributed by atoms with Crippen molar-refractivity contribution in [2.75, 3.05) is 6.54 Å². The van der Waals surface area contributed by atoms with Gasteiger partial charge in [-0.2, -0.15) is 5.26 Å². The molecule has 86 valence electrons. The van der Waals surface area contributed by atoms with Crippen molar-refractivity contribution in [2.45, 2.75) is 52.0 Å². The van der Waals surface area contributed by atoms with Gasteiger partial charge in [0, 0.05) is 19.0 Å². The molecule has 0 aromatic rings. The van der Waals surface area contributed by atoms with Crippen molar-refractivity contribution >= 4 is 11.8 Å². The average molecular weight is 229 g/mol. The number of nitrogens with zero attached hydrogens (tertiary/aromatic N) is 2. The van der Waals surface area contributed by atoms with E-state index in [2.05, 4.69) is 32.1 Å². The number of nitriles is 1. The third-order valence-electron chi connectivity index (χ3n) is 2.29. The van der Waals surface area contributed by atoms with Gasteiger partial charge in [-0.05, 0) is 38.0 Å². The molecule has 0 N–H and O–H groups in total.